The quantitative estimate of drug-likeness (QED) is 0.282. The van der Waals surface area contributed by atoms with Gasteiger partial charge in [-0.25, -0.2) is 0 Å². The predicted molar refractivity (Wildman–Crippen MR) is 158 cm³/mol. The normalized spacial score (nSPS) is 43.6. The van der Waals surface area contributed by atoms with E-state index in [9.17, 15) is 24.0 Å². The van der Waals surface area contributed by atoms with Gasteiger partial charge >= 0.3 is 29.8 Å². The molecule has 45 heavy (non-hydrogen) atoms. The van der Waals surface area contributed by atoms with Crippen LogP contribution in [0.1, 0.15) is 113 Å². The first-order valence-electron chi connectivity index (χ1n) is 16.5. The summed E-state index contributed by atoms with van der Waals surface area (Å²) in [5.74, 6) is -2.64. The molecule has 0 aromatic heterocycles. The van der Waals surface area contributed by atoms with Crippen LogP contribution in [0.25, 0.3) is 0 Å². The fourth-order valence-electron chi connectivity index (χ4n) is 10.5. The van der Waals surface area contributed by atoms with Crippen LogP contribution in [0.3, 0.4) is 0 Å². The van der Waals surface area contributed by atoms with Gasteiger partial charge in [0, 0.05) is 27.7 Å². The molecule has 11 heteroatoms. The third-order valence-corrected chi connectivity index (χ3v) is 12.1. The molecule has 0 aromatic rings. The maximum Gasteiger partial charge on any atom is 0.314 e. The molecule has 5 aliphatic rings. The van der Waals surface area contributed by atoms with Gasteiger partial charge in [0.1, 0.15) is 12.7 Å². The molecule has 1 heterocycles. The lowest BCUT2D eigenvalue weighted by Gasteiger charge is -2.64. The molecule has 4 aliphatic carbocycles. The SMILES string of the molecule is CC(=O)OCC1OC(OC(=O)[C@]2(C)CCC[C@@]3(C)C4CC[C@]5(C)CC[C@@]4(CCC32)C5)C(OC(C)=O)C(OC(C)=O)C1OC(C)=O. The highest BCUT2D eigenvalue weighted by Gasteiger charge is 2.67. The average molecular weight is 635 g/mol. The molecule has 252 valence electrons. The van der Waals surface area contributed by atoms with Crippen molar-refractivity contribution >= 4 is 29.8 Å². The van der Waals surface area contributed by atoms with E-state index in [-0.39, 0.29) is 17.9 Å². The minimum absolute atomic E-state index is 0.0167. The number of hydrogen-bond acceptors (Lipinski definition) is 11. The Balaban J connectivity index is 1.44. The van der Waals surface area contributed by atoms with Gasteiger partial charge in [0.05, 0.1) is 5.41 Å². The van der Waals surface area contributed by atoms with Crippen LogP contribution in [-0.4, -0.2) is 67.2 Å². The van der Waals surface area contributed by atoms with Crippen LogP contribution in [0.2, 0.25) is 0 Å². The smallest absolute Gasteiger partial charge is 0.314 e. The van der Waals surface area contributed by atoms with Crippen molar-refractivity contribution < 1.29 is 52.4 Å². The first-order chi connectivity index (χ1) is 21.0. The molecule has 7 unspecified atom stereocenters. The fraction of sp³-hybridized carbons (Fsp3) is 0.853. The third-order valence-electron chi connectivity index (χ3n) is 12.1. The van der Waals surface area contributed by atoms with Crippen molar-refractivity contribution in [2.75, 3.05) is 6.61 Å². The lowest BCUT2D eigenvalue weighted by Crippen LogP contribution is -2.64. The zero-order valence-electron chi connectivity index (χ0n) is 27.8. The second-order valence-electron chi connectivity index (χ2n) is 15.3. The van der Waals surface area contributed by atoms with Crippen molar-refractivity contribution in [2.24, 2.45) is 33.5 Å². The molecular weight excluding hydrogens is 584 g/mol. The van der Waals surface area contributed by atoms with Gasteiger partial charge in [-0.15, -0.1) is 0 Å². The van der Waals surface area contributed by atoms with Crippen LogP contribution in [-0.2, 0) is 52.4 Å². The van der Waals surface area contributed by atoms with Crippen LogP contribution in [0.4, 0.5) is 0 Å². The van der Waals surface area contributed by atoms with Crippen molar-refractivity contribution in [3.8, 4) is 0 Å². The molecule has 1 spiro atoms. The molecule has 0 aromatic carbocycles. The van der Waals surface area contributed by atoms with Gasteiger partial charge in [-0.3, -0.25) is 24.0 Å². The first kappa shape index (κ1) is 33.7. The Bertz CT molecular complexity index is 1220. The lowest BCUT2D eigenvalue weighted by molar-refractivity contribution is -0.305. The second-order valence-corrected chi connectivity index (χ2v) is 15.3. The first-order valence-corrected chi connectivity index (χ1v) is 16.5. The van der Waals surface area contributed by atoms with E-state index < -0.39 is 66.0 Å². The van der Waals surface area contributed by atoms with Crippen LogP contribution < -0.4 is 0 Å². The average Bonchev–Trinajstić information content (AvgIpc) is 3.18. The maximum absolute atomic E-state index is 14.4. The molecule has 11 nitrogen and oxygen atoms in total. The highest BCUT2D eigenvalue weighted by Crippen LogP contribution is 2.73. The Morgan fingerprint density at radius 1 is 0.667 bits per heavy atom. The monoisotopic (exact) mass is 634 g/mol. The Morgan fingerprint density at radius 3 is 1.93 bits per heavy atom. The highest BCUT2D eigenvalue weighted by molar-refractivity contribution is 5.77. The summed E-state index contributed by atoms with van der Waals surface area (Å²) in [6.45, 7) is 11.1. The van der Waals surface area contributed by atoms with Crippen LogP contribution in [0.15, 0.2) is 0 Å². The van der Waals surface area contributed by atoms with E-state index in [0.29, 0.717) is 23.2 Å². The Labute approximate surface area is 265 Å². The summed E-state index contributed by atoms with van der Waals surface area (Å²) in [5, 5.41) is 0. The Kier molecular flexibility index (Phi) is 9.09. The maximum atomic E-state index is 14.4. The summed E-state index contributed by atoms with van der Waals surface area (Å²) in [6.07, 6.45) is 4.08. The molecule has 0 N–H and O–H groups in total. The van der Waals surface area contributed by atoms with Crippen molar-refractivity contribution in [3.63, 3.8) is 0 Å². The minimum atomic E-state index is -1.51. The molecular formula is C34H50O11. The summed E-state index contributed by atoms with van der Waals surface area (Å²) in [5.41, 5.74) is -0.0592. The molecule has 11 atom stereocenters. The van der Waals surface area contributed by atoms with Gasteiger partial charge in [-0.2, -0.15) is 0 Å². The number of esters is 5. The predicted octanol–water partition coefficient (Wildman–Crippen LogP) is 4.81. The number of rotatable bonds is 7. The molecule has 0 amide bonds. The Morgan fingerprint density at radius 2 is 1.29 bits per heavy atom. The lowest BCUT2D eigenvalue weighted by atomic mass is 9.40. The third kappa shape index (κ3) is 6.22. The van der Waals surface area contributed by atoms with E-state index >= 15 is 0 Å². The summed E-state index contributed by atoms with van der Waals surface area (Å²) >= 11 is 0. The van der Waals surface area contributed by atoms with E-state index in [4.69, 9.17) is 28.4 Å². The number of fused-ring (bicyclic) bond motifs is 3. The van der Waals surface area contributed by atoms with E-state index in [2.05, 4.69) is 13.8 Å². The molecule has 5 fully saturated rings. The van der Waals surface area contributed by atoms with Crippen LogP contribution in [0, 0.1) is 33.5 Å². The van der Waals surface area contributed by atoms with Crippen molar-refractivity contribution in [3.05, 3.63) is 0 Å². The van der Waals surface area contributed by atoms with Crippen LogP contribution in [0.5, 0.6) is 0 Å². The summed E-state index contributed by atoms with van der Waals surface area (Å²) in [4.78, 5) is 62.7. The molecule has 4 saturated carbocycles. The van der Waals surface area contributed by atoms with Gasteiger partial charge < -0.3 is 28.4 Å². The van der Waals surface area contributed by atoms with Gasteiger partial charge in [-0.1, -0.05) is 20.3 Å². The van der Waals surface area contributed by atoms with Gasteiger partial charge in [-0.05, 0) is 92.8 Å². The summed E-state index contributed by atoms with van der Waals surface area (Å²) in [7, 11) is 0. The van der Waals surface area contributed by atoms with E-state index in [1.807, 2.05) is 6.92 Å². The zero-order valence-corrected chi connectivity index (χ0v) is 27.8. The highest BCUT2D eigenvalue weighted by atomic mass is 16.7. The van der Waals surface area contributed by atoms with Crippen LogP contribution >= 0.6 is 0 Å². The van der Waals surface area contributed by atoms with Gasteiger partial charge in [0.15, 0.2) is 12.2 Å². The number of carbonyl (C=O) groups is 5. The standard InChI is InChI=1S/C34H50O11/c1-19(35)40-17-23-26(41-20(2)36)27(42-21(3)37)28(43-22(4)38)29(44-23)45-30(39)33(7)12-8-11-32(6)24(33)10-14-34-16-15-31(5,18-34)13-9-25(32)34/h23-29H,8-18H2,1-7H3/t23?,24?,25?,26?,27?,28?,29?,31-,32-,33-,34+/m1/s1. The number of carbonyl (C=O) groups excluding carboxylic acids is 5. The molecule has 2 bridgehead atoms. The number of hydrogen-bond donors (Lipinski definition) is 0. The summed E-state index contributed by atoms with van der Waals surface area (Å²) < 4.78 is 34.0. The van der Waals surface area contributed by atoms with E-state index in [1.54, 1.807) is 0 Å². The fourth-order valence-corrected chi connectivity index (χ4v) is 10.5. The second kappa shape index (κ2) is 12.2. The zero-order chi connectivity index (χ0) is 32.9. The Hall–Kier alpha value is -2.69. The van der Waals surface area contributed by atoms with Crippen molar-refractivity contribution in [1.82, 2.24) is 0 Å². The molecule has 1 aliphatic heterocycles. The number of ether oxygens (including phenoxy) is 6. The van der Waals surface area contributed by atoms with Gasteiger partial charge in [0.2, 0.25) is 12.4 Å². The molecule has 1 saturated heterocycles. The van der Waals surface area contributed by atoms with Crippen molar-refractivity contribution in [1.29, 1.82) is 0 Å². The van der Waals surface area contributed by atoms with Gasteiger partial charge in [0.25, 0.3) is 0 Å². The van der Waals surface area contributed by atoms with E-state index in [1.165, 1.54) is 46.0 Å². The van der Waals surface area contributed by atoms with Crippen molar-refractivity contribution in [2.45, 2.75) is 143 Å². The minimum Gasteiger partial charge on any atom is -0.463 e. The molecule has 5 rings (SSSR count). The van der Waals surface area contributed by atoms with E-state index in [0.717, 1.165) is 39.5 Å². The topological polar surface area (TPSA) is 141 Å². The summed E-state index contributed by atoms with van der Waals surface area (Å²) in [6, 6.07) is 0. The molecule has 0 radical (unpaired) electrons. The largest absolute Gasteiger partial charge is 0.463 e.